The Morgan fingerprint density at radius 1 is 1.12 bits per heavy atom. The molecule has 1 amide bonds. The molecule has 1 heterocycles. The fourth-order valence-electron chi connectivity index (χ4n) is 3.10. The number of aromatic nitrogens is 2. The van der Waals surface area contributed by atoms with E-state index in [2.05, 4.69) is 59.1 Å². The minimum Gasteiger partial charge on any atom is -0.506 e. The van der Waals surface area contributed by atoms with E-state index in [9.17, 15) is 9.90 Å². The van der Waals surface area contributed by atoms with Crippen molar-refractivity contribution in [1.29, 1.82) is 0 Å². The number of rotatable bonds is 7. The van der Waals surface area contributed by atoms with Crippen molar-refractivity contribution in [2.45, 2.75) is 11.7 Å². The molecule has 0 fully saturated rings. The Hall–Kier alpha value is -2.62. The number of hydrazone groups is 1. The average molecular weight is 574 g/mol. The summed E-state index contributed by atoms with van der Waals surface area (Å²) in [6, 6.07) is 21.5. The number of phenolic OH excluding ortho intramolecular Hbond substituents is 1. The van der Waals surface area contributed by atoms with E-state index in [0.29, 0.717) is 16.6 Å². The van der Waals surface area contributed by atoms with Gasteiger partial charge in [-0.15, -0.1) is 0 Å². The maximum Gasteiger partial charge on any atom is 0.250 e. The number of carbonyl (C=O) groups is 1. The van der Waals surface area contributed by atoms with Crippen molar-refractivity contribution < 1.29 is 9.90 Å². The molecular formula is C23H18Br2N4O2S. The SMILES string of the molecule is O=C(CSc1nc2ccccc2n1Cc1ccccc1)N/N=C/c1cc(Br)cc(Br)c1O. The van der Waals surface area contributed by atoms with Crippen LogP contribution >= 0.6 is 43.6 Å². The number of phenols is 1. The Labute approximate surface area is 206 Å². The summed E-state index contributed by atoms with van der Waals surface area (Å²) < 4.78 is 3.43. The lowest BCUT2D eigenvalue weighted by Gasteiger charge is -2.09. The number of imidazole rings is 1. The molecule has 0 saturated carbocycles. The lowest BCUT2D eigenvalue weighted by Crippen LogP contribution is -2.20. The third-order valence-electron chi connectivity index (χ3n) is 4.59. The Bertz CT molecular complexity index is 1290. The fraction of sp³-hybridized carbons (Fsp3) is 0.0870. The monoisotopic (exact) mass is 572 g/mol. The standard InChI is InChI=1S/C23H18Br2N4O2S/c24-17-10-16(22(31)18(25)11-17)12-26-28-21(30)14-32-23-27-19-8-4-5-9-20(19)29(23)13-15-6-2-1-3-7-15/h1-12,31H,13-14H2,(H,28,30)/b26-12+. The summed E-state index contributed by atoms with van der Waals surface area (Å²) in [5.41, 5.74) is 6.05. The van der Waals surface area contributed by atoms with Crippen molar-refractivity contribution >= 4 is 66.8 Å². The van der Waals surface area contributed by atoms with Gasteiger partial charge in [-0.25, -0.2) is 10.4 Å². The Morgan fingerprint density at radius 2 is 1.88 bits per heavy atom. The number of halogens is 2. The summed E-state index contributed by atoms with van der Waals surface area (Å²) in [6.07, 6.45) is 1.40. The van der Waals surface area contributed by atoms with Crippen LogP contribution in [-0.2, 0) is 11.3 Å². The van der Waals surface area contributed by atoms with Crippen LogP contribution in [0.4, 0.5) is 0 Å². The van der Waals surface area contributed by atoms with Gasteiger partial charge in [0.05, 0.1) is 34.0 Å². The van der Waals surface area contributed by atoms with Crippen LogP contribution < -0.4 is 5.43 Å². The normalized spacial score (nSPS) is 11.3. The van der Waals surface area contributed by atoms with Crippen molar-refractivity contribution in [2.75, 3.05) is 5.75 Å². The zero-order valence-corrected chi connectivity index (χ0v) is 20.7. The molecule has 2 N–H and O–H groups in total. The van der Waals surface area contributed by atoms with Gasteiger partial charge < -0.3 is 9.67 Å². The Kier molecular flexibility index (Phi) is 7.29. The second-order valence-electron chi connectivity index (χ2n) is 6.86. The summed E-state index contributed by atoms with van der Waals surface area (Å²) in [5, 5.41) is 14.8. The van der Waals surface area contributed by atoms with Crippen LogP contribution in [0, 0.1) is 0 Å². The van der Waals surface area contributed by atoms with Gasteiger partial charge in [0, 0.05) is 10.0 Å². The van der Waals surface area contributed by atoms with E-state index in [1.165, 1.54) is 18.0 Å². The third-order valence-corrected chi connectivity index (χ3v) is 6.62. The predicted octanol–water partition coefficient (Wildman–Crippen LogP) is 5.56. The number of thioether (sulfide) groups is 1. The Balaban J connectivity index is 1.45. The van der Waals surface area contributed by atoms with Gasteiger partial charge in [-0.3, -0.25) is 4.79 Å². The second kappa shape index (κ2) is 10.3. The van der Waals surface area contributed by atoms with Gasteiger partial charge in [0.1, 0.15) is 5.75 Å². The molecule has 0 radical (unpaired) electrons. The first kappa shape index (κ1) is 22.6. The summed E-state index contributed by atoms with van der Waals surface area (Å²) in [5.74, 6) is -0.0582. The zero-order chi connectivity index (χ0) is 22.5. The predicted molar refractivity (Wildman–Crippen MR) is 135 cm³/mol. The summed E-state index contributed by atoms with van der Waals surface area (Å²) in [4.78, 5) is 17.1. The number of benzene rings is 3. The molecule has 0 aliphatic rings. The highest BCUT2D eigenvalue weighted by molar-refractivity contribution is 9.11. The maximum absolute atomic E-state index is 12.3. The van der Waals surface area contributed by atoms with Crippen LogP contribution in [-0.4, -0.2) is 32.5 Å². The first-order valence-electron chi connectivity index (χ1n) is 9.63. The van der Waals surface area contributed by atoms with E-state index in [4.69, 9.17) is 4.98 Å². The third kappa shape index (κ3) is 5.40. The number of amides is 1. The molecule has 0 bridgehead atoms. The van der Waals surface area contributed by atoms with Crippen LogP contribution in [0.3, 0.4) is 0 Å². The van der Waals surface area contributed by atoms with E-state index in [1.54, 1.807) is 12.1 Å². The molecule has 9 heteroatoms. The smallest absolute Gasteiger partial charge is 0.250 e. The van der Waals surface area contributed by atoms with Crippen molar-refractivity contribution in [3.05, 3.63) is 86.8 Å². The van der Waals surface area contributed by atoms with E-state index < -0.39 is 0 Å². The van der Waals surface area contributed by atoms with Crippen LogP contribution in [0.1, 0.15) is 11.1 Å². The highest BCUT2D eigenvalue weighted by Gasteiger charge is 2.13. The number of carbonyl (C=O) groups excluding carboxylic acids is 1. The van der Waals surface area contributed by atoms with Crippen molar-refractivity contribution in [2.24, 2.45) is 5.10 Å². The molecule has 1 aromatic heterocycles. The van der Waals surface area contributed by atoms with Gasteiger partial charge in [-0.2, -0.15) is 5.10 Å². The molecule has 4 rings (SSSR count). The average Bonchev–Trinajstić information content (AvgIpc) is 3.13. The lowest BCUT2D eigenvalue weighted by atomic mass is 10.2. The van der Waals surface area contributed by atoms with Crippen LogP contribution in [0.2, 0.25) is 0 Å². The molecule has 0 saturated heterocycles. The minimum absolute atomic E-state index is 0.0511. The molecule has 4 aromatic rings. The Morgan fingerprint density at radius 3 is 2.69 bits per heavy atom. The summed E-state index contributed by atoms with van der Waals surface area (Å²) >= 11 is 7.99. The lowest BCUT2D eigenvalue weighted by molar-refractivity contribution is -0.118. The molecule has 162 valence electrons. The van der Waals surface area contributed by atoms with E-state index in [1.807, 2.05) is 42.5 Å². The maximum atomic E-state index is 12.3. The van der Waals surface area contributed by atoms with Gasteiger partial charge in [0.15, 0.2) is 5.16 Å². The van der Waals surface area contributed by atoms with Crippen molar-refractivity contribution in [3.8, 4) is 5.75 Å². The quantitative estimate of drug-likeness (QED) is 0.172. The molecule has 6 nitrogen and oxygen atoms in total. The van der Waals surface area contributed by atoms with Crippen LogP contribution in [0.25, 0.3) is 11.0 Å². The number of hydrogen-bond donors (Lipinski definition) is 2. The van der Waals surface area contributed by atoms with Gasteiger partial charge in [0.2, 0.25) is 0 Å². The molecule has 32 heavy (non-hydrogen) atoms. The topological polar surface area (TPSA) is 79.5 Å². The number of aromatic hydroxyl groups is 1. The first-order chi connectivity index (χ1) is 15.5. The number of fused-ring (bicyclic) bond motifs is 1. The van der Waals surface area contributed by atoms with Gasteiger partial charge in [-0.1, -0.05) is 70.2 Å². The van der Waals surface area contributed by atoms with Crippen LogP contribution in [0.5, 0.6) is 5.75 Å². The van der Waals surface area contributed by atoms with Gasteiger partial charge in [0.25, 0.3) is 5.91 Å². The largest absolute Gasteiger partial charge is 0.506 e. The molecule has 0 aliphatic carbocycles. The van der Waals surface area contributed by atoms with Crippen molar-refractivity contribution in [3.63, 3.8) is 0 Å². The summed E-state index contributed by atoms with van der Waals surface area (Å²) in [7, 11) is 0. The van der Waals surface area contributed by atoms with Gasteiger partial charge in [-0.05, 0) is 45.8 Å². The van der Waals surface area contributed by atoms with E-state index in [-0.39, 0.29) is 17.4 Å². The number of hydrogen-bond acceptors (Lipinski definition) is 5. The number of para-hydroxylation sites is 2. The molecule has 0 aliphatic heterocycles. The molecular weight excluding hydrogens is 556 g/mol. The molecule has 0 atom stereocenters. The highest BCUT2D eigenvalue weighted by Crippen LogP contribution is 2.30. The molecule has 0 unspecified atom stereocenters. The van der Waals surface area contributed by atoms with E-state index >= 15 is 0 Å². The van der Waals surface area contributed by atoms with E-state index in [0.717, 1.165) is 26.2 Å². The number of nitrogens with zero attached hydrogens (tertiary/aromatic N) is 3. The molecule has 0 spiro atoms. The highest BCUT2D eigenvalue weighted by atomic mass is 79.9. The fourth-order valence-corrected chi connectivity index (χ4v) is 5.17. The van der Waals surface area contributed by atoms with Gasteiger partial charge >= 0.3 is 0 Å². The molecule has 3 aromatic carbocycles. The number of nitrogens with one attached hydrogen (secondary N) is 1. The first-order valence-corrected chi connectivity index (χ1v) is 12.2. The van der Waals surface area contributed by atoms with Crippen LogP contribution in [0.15, 0.2) is 85.9 Å². The van der Waals surface area contributed by atoms with Crippen molar-refractivity contribution in [1.82, 2.24) is 15.0 Å². The second-order valence-corrected chi connectivity index (χ2v) is 9.57. The zero-order valence-electron chi connectivity index (χ0n) is 16.7. The summed E-state index contributed by atoms with van der Waals surface area (Å²) in [6.45, 7) is 0.667. The minimum atomic E-state index is -0.266.